The number of carbonyl (C=O) groups excluding carboxylic acids is 1. The number of benzene rings is 1. The van der Waals surface area contributed by atoms with Gasteiger partial charge in [-0.3, -0.25) is 0 Å². The Hall–Kier alpha value is -2.11. The van der Waals surface area contributed by atoms with Crippen molar-refractivity contribution < 1.29 is 69.7 Å². The van der Waals surface area contributed by atoms with Crippen molar-refractivity contribution in [2.75, 3.05) is 13.7 Å². The zero-order valence-electron chi connectivity index (χ0n) is 18.8. The summed E-state index contributed by atoms with van der Waals surface area (Å²) in [7, 11) is 1.26. The average molecular weight is 506 g/mol. The number of methoxy groups -OCH3 is 1. The standard InChI is InChI=1S/C21H30O14/c1-6-3-7(23)4-8(32-2)10(6)20(31)34-18-9(5-22)33-21(17(30)16(18)29)35-19-14(27)12(25)11(24)13(26)15(19)28/h3-4,9,11-19,21-30H,5H2,1-2H3/t9-,11?,12-,13+,14-,15+,16-,17+,18+,19?,21+/m0/s1. The van der Waals surface area contributed by atoms with Gasteiger partial charge in [-0.1, -0.05) is 0 Å². The van der Waals surface area contributed by atoms with Gasteiger partial charge in [-0.2, -0.15) is 0 Å². The molecule has 1 aromatic rings. The summed E-state index contributed by atoms with van der Waals surface area (Å²) in [6, 6.07) is 2.44. The van der Waals surface area contributed by atoms with Gasteiger partial charge in [0.15, 0.2) is 12.4 Å². The van der Waals surface area contributed by atoms with Crippen LogP contribution in [0, 0.1) is 6.92 Å². The predicted octanol–water partition coefficient (Wildman–Crippen LogP) is -4.12. The maximum Gasteiger partial charge on any atom is 0.342 e. The fraction of sp³-hybridized carbons (Fsp3) is 0.667. The SMILES string of the molecule is COc1cc(O)cc(C)c1C(=O)O[C@H]1[C@@H](O)[C@@H](O)[C@@H](OC2[C@@H](O)[C@@H](O)C(O)[C@@H](O)[C@H]2O)O[C@H]1CO. The molecule has 0 radical (unpaired) electrons. The number of aryl methyl sites for hydroxylation is 1. The molecule has 11 atom stereocenters. The molecule has 14 heteroatoms. The van der Waals surface area contributed by atoms with E-state index in [-0.39, 0.29) is 22.6 Å². The second-order valence-corrected chi connectivity index (χ2v) is 8.47. The Morgan fingerprint density at radius 2 is 1.43 bits per heavy atom. The smallest absolute Gasteiger partial charge is 0.342 e. The Labute approximate surface area is 199 Å². The number of aromatic hydroxyl groups is 1. The third kappa shape index (κ3) is 5.22. The molecule has 2 aliphatic rings. The van der Waals surface area contributed by atoms with Gasteiger partial charge in [0, 0.05) is 6.07 Å². The first-order valence-corrected chi connectivity index (χ1v) is 10.7. The normalized spacial score (nSPS) is 39.8. The van der Waals surface area contributed by atoms with Crippen LogP contribution in [0.5, 0.6) is 11.5 Å². The van der Waals surface area contributed by atoms with Crippen molar-refractivity contribution in [3.8, 4) is 11.5 Å². The van der Waals surface area contributed by atoms with Gasteiger partial charge in [0.1, 0.15) is 72.0 Å². The van der Waals surface area contributed by atoms with E-state index in [1.54, 1.807) is 0 Å². The Bertz CT molecular complexity index is 877. The van der Waals surface area contributed by atoms with Gasteiger partial charge in [0.05, 0.1) is 13.7 Å². The van der Waals surface area contributed by atoms with Gasteiger partial charge < -0.3 is 64.9 Å². The minimum Gasteiger partial charge on any atom is -0.508 e. The molecule has 0 amide bonds. The van der Waals surface area contributed by atoms with Crippen LogP contribution in [0.2, 0.25) is 0 Å². The third-order valence-electron chi connectivity index (χ3n) is 6.14. The molecular formula is C21H30O14. The van der Waals surface area contributed by atoms with Crippen molar-refractivity contribution in [1.29, 1.82) is 0 Å². The van der Waals surface area contributed by atoms with Crippen molar-refractivity contribution in [2.45, 2.75) is 74.3 Å². The van der Waals surface area contributed by atoms with E-state index in [0.29, 0.717) is 0 Å². The first-order chi connectivity index (χ1) is 16.4. The molecule has 2 unspecified atom stereocenters. The summed E-state index contributed by atoms with van der Waals surface area (Å²) >= 11 is 0. The summed E-state index contributed by atoms with van der Waals surface area (Å²) in [5, 5.41) is 90.3. The lowest BCUT2D eigenvalue weighted by Gasteiger charge is -2.46. The van der Waals surface area contributed by atoms with Crippen molar-refractivity contribution in [1.82, 2.24) is 0 Å². The number of phenols is 1. The lowest BCUT2D eigenvalue weighted by molar-refractivity contribution is -0.338. The quantitative estimate of drug-likeness (QED) is 0.167. The summed E-state index contributed by atoms with van der Waals surface area (Å²) in [5.41, 5.74) is 0.192. The van der Waals surface area contributed by atoms with E-state index >= 15 is 0 Å². The highest BCUT2D eigenvalue weighted by molar-refractivity contribution is 5.94. The zero-order chi connectivity index (χ0) is 26.2. The molecule has 2 fully saturated rings. The molecule has 9 N–H and O–H groups in total. The molecule has 0 bridgehead atoms. The van der Waals surface area contributed by atoms with E-state index in [0.717, 1.165) is 0 Å². The van der Waals surface area contributed by atoms with Crippen LogP contribution in [0.1, 0.15) is 15.9 Å². The van der Waals surface area contributed by atoms with Crippen LogP contribution in [0.15, 0.2) is 12.1 Å². The lowest BCUT2D eigenvalue weighted by atomic mass is 9.84. The zero-order valence-corrected chi connectivity index (χ0v) is 18.8. The van der Waals surface area contributed by atoms with Crippen LogP contribution in [-0.2, 0) is 14.2 Å². The van der Waals surface area contributed by atoms with Crippen LogP contribution in [-0.4, -0.2) is 133 Å². The number of rotatable bonds is 6. The van der Waals surface area contributed by atoms with Gasteiger partial charge in [-0.15, -0.1) is 0 Å². The molecule has 1 aromatic carbocycles. The van der Waals surface area contributed by atoms with Crippen LogP contribution in [0.4, 0.5) is 0 Å². The molecule has 1 saturated carbocycles. The van der Waals surface area contributed by atoms with Crippen LogP contribution >= 0.6 is 0 Å². The maximum atomic E-state index is 12.8. The minimum atomic E-state index is -1.95. The number of aliphatic hydroxyl groups is 8. The first kappa shape index (κ1) is 27.5. The largest absolute Gasteiger partial charge is 0.508 e. The van der Waals surface area contributed by atoms with Crippen LogP contribution in [0.3, 0.4) is 0 Å². The third-order valence-corrected chi connectivity index (χ3v) is 6.14. The Balaban J connectivity index is 1.78. The van der Waals surface area contributed by atoms with E-state index in [9.17, 15) is 50.8 Å². The van der Waals surface area contributed by atoms with Gasteiger partial charge in [-0.05, 0) is 18.6 Å². The second-order valence-electron chi connectivity index (χ2n) is 8.47. The van der Waals surface area contributed by atoms with Crippen molar-refractivity contribution in [3.63, 3.8) is 0 Å². The molecule has 0 spiro atoms. The topological polar surface area (TPSA) is 236 Å². The molecule has 14 nitrogen and oxygen atoms in total. The number of aliphatic hydroxyl groups excluding tert-OH is 8. The average Bonchev–Trinajstić information content (AvgIpc) is 2.82. The summed E-state index contributed by atoms with van der Waals surface area (Å²) in [6.45, 7) is 0.669. The van der Waals surface area contributed by atoms with Gasteiger partial charge in [-0.25, -0.2) is 4.79 Å². The fourth-order valence-corrected chi connectivity index (χ4v) is 4.16. The molecule has 35 heavy (non-hydrogen) atoms. The predicted molar refractivity (Wildman–Crippen MR) is 111 cm³/mol. The van der Waals surface area contributed by atoms with Gasteiger partial charge in [0.2, 0.25) is 0 Å². The van der Waals surface area contributed by atoms with Crippen molar-refractivity contribution in [3.05, 3.63) is 23.3 Å². The van der Waals surface area contributed by atoms with Crippen LogP contribution < -0.4 is 4.74 Å². The Morgan fingerprint density at radius 3 is 1.97 bits per heavy atom. The van der Waals surface area contributed by atoms with Gasteiger partial charge >= 0.3 is 5.97 Å². The monoisotopic (exact) mass is 506 g/mol. The number of ether oxygens (including phenoxy) is 4. The second kappa shape index (κ2) is 10.9. The molecule has 3 rings (SSSR count). The molecule has 0 aromatic heterocycles. The van der Waals surface area contributed by atoms with Gasteiger partial charge in [0.25, 0.3) is 0 Å². The Morgan fingerprint density at radius 1 is 0.886 bits per heavy atom. The maximum absolute atomic E-state index is 12.8. The minimum absolute atomic E-state index is 0.0272. The fourth-order valence-electron chi connectivity index (χ4n) is 4.16. The first-order valence-electron chi connectivity index (χ1n) is 10.7. The molecule has 198 valence electrons. The number of phenolic OH excluding ortho intramolecular Hbond substituents is 1. The summed E-state index contributed by atoms with van der Waals surface area (Å²) in [6.07, 6.45) is -20.0. The van der Waals surface area contributed by atoms with Crippen molar-refractivity contribution in [2.24, 2.45) is 0 Å². The molecule has 1 heterocycles. The number of hydrogen-bond donors (Lipinski definition) is 9. The summed E-state index contributed by atoms with van der Waals surface area (Å²) in [5.74, 6) is -1.22. The highest BCUT2D eigenvalue weighted by Gasteiger charge is 2.53. The van der Waals surface area contributed by atoms with E-state index in [2.05, 4.69) is 0 Å². The highest BCUT2D eigenvalue weighted by atomic mass is 16.7. The highest BCUT2D eigenvalue weighted by Crippen LogP contribution is 2.32. The van der Waals surface area contributed by atoms with Crippen LogP contribution in [0.25, 0.3) is 0 Å². The number of esters is 1. The molecular weight excluding hydrogens is 476 g/mol. The molecule has 1 aliphatic carbocycles. The Kier molecular flexibility index (Phi) is 8.54. The number of hydrogen-bond acceptors (Lipinski definition) is 14. The van der Waals surface area contributed by atoms with E-state index in [1.165, 1.54) is 26.2 Å². The number of carbonyl (C=O) groups is 1. The summed E-state index contributed by atoms with van der Waals surface area (Å²) in [4.78, 5) is 12.8. The molecule has 1 saturated heterocycles. The van der Waals surface area contributed by atoms with Crippen molar-refractivity contribution >= 4 is 5.97 Å². The van der Waals surface area contributed by atoms with E-state index < -0.39 is 79.9 Å². The molecule has 1 aliphatic heterocycles. The summed E-state index contributed by atoms with van der Waals surface area (Å²) < 4.78 is 21.1. The van der Waals surface area contributed by atoms with E-state index in [1.807, 2.05) is 0 Å². The van der Waals surface area contributed by atoms with E-state index in [4.69, 9.17) is 18.9 Å². The lowest BCUT2D eigenvalue weighted by Crippen LogP contribution is -2.67.